The van der Waals surface area contributed by atoms with Gasteiger partial charge in [0.05, 0.1) is 12.3 Å². The lowest BCUT2D eigenvalue weighted by atomic mass is 10.1. The Kier molecular flexibility index (Phi) is 6.74. The number of benzene rings is 1. The minimum Gasteiger partial charge on any atom is -0.494 e. The minimum atomic E-state index is -0.508. The molecule has 3 rings (SSSR count). The molecule has 0 spiro atoms. The summed E-state index contributed by atoms with van der Waals surface area (Å²) in [5, 5.41) is 3.00. The van der Waals surface area contributed by atoms with Gasteiger partial charge in [0.2, 0.25) is 0 Å². The Morgan fingerprint density at radius 1 is 1.03 bits per heavy atom. The van der Waals surface area contributed by atoms with Crippen LogP contribution in [0.5, 0.6) is 11.5 Å². The van der Waals surface area contributed by atoms with Crippen LogP contribution in [0.3, 0.4) is 0 Å². The third-order valence-corrected chi connectivity index (χ3v) is 4.84. The second kappa shape index (κ2) is 9.46. The van der Waals surface area contributed by atoms with E-state index in [1.54, 1.807) is 30.5 Å². The van der Waals surface area contributed by atoms with E-state index in [1.165, 1.54) is 18.7 Å². The van der Waals surface area contributed by atoms with Crippen molar-refractivity contribution in [2.75, 3.05) is 18.5 Å². The van der Waals surface area contributed by atoms with Crippen LogP contribution in [0.2, 0.25) is 0 Å². The highest BCUT2D eigenvalue weighted by Crippen LogP contribution is 2.24. The number of carbonyl (C=O) groups excluding carboxylic acids is 1. The highest BCUT2D eigenvalue weighted by atomic mass is 16.5. The highest BCUT2D eigenvalue weighted by molar-refractivity contribution is 6.01. The lowest BCUT2D eigenvalue weighted by molar-refractivity contribution is -0.118. The summed E-state index contributed by atoms with van der Waals surface area (Å²) in [7, 11) is 2.94. The van der Waals surface area contributed by atoms with Gasteiger partial charge in [0.15, 0.2) is 12.3 Å². The zero-order valence-corrected chi connectivity index (χ0v) is 18.1. The van der Waals surface area contributed by atoms with Crippen molar-refractivity contribution >= 4 is 22.6 Å². The second-order valence-electron chi connectivity index (χ2n) is 7.05. The van der Waals surface area contributed by atoms with Crippen molar-refractivity contribution in [3.63, 3.8) is 0 Å². The monoisotopic (exact) mass is 426 g/mol. The molecule has 0 unspecified atom stereocenters. The van der Waals surface area contributed by atoms with Gasteiger partial charge in [-0.2, -0.15) is 0 Å². The lowest BCUT2D eigenvalue weighted by Gasteiger charge is -2.15. The van der Waals surface area contributed by atoms with Gasteiger partial charge in [-0.25, -0.2) is 9.78 Å². The Morgan fingerprint density at radius 3 is 2.29 bits per heavy atom. The zero-order chi connectivity index (χ0) is 22.5. The van der Waals surface area contributed by atoms with Crippen LogP contribution in [0, 0.1) is 0 Å². The minimum absolute atomic E-state index is 0.199. The summed E-state index contributed by atoms with van der Waals surface area (Å²) >= 11 is 0. The number of hydrogen-bond donors (Lipinski definition) is 1. The fourth-order valence-electron chi connectivity index (χ4n) is 3.29. The smallest absolute Gasteiger partial charge is 0.332 e. The molecular formula is C22H26N4O5. The number of nitrogens with zero attached hydrogens (tertiary/aromatic N) is 3. The summed E-state index contributed by atoms with van der Waals surface area (Å²) in [6, 6.07) is 6.95. The topological polar surface area (TPSA) is 104 Å². The van der Waals surface area contributed by atoms with Gasteiger partial charge in [0, 0.05) is 20.3 Å². The van der Waals surface area contributed by atoms with Crippen molar-refractivity contribution in [3.05, 3.63) is 56.9 Å². The summed E-state index contributed by atoms with van der Waals surface area (Å²) in [6.45, 7) is 4.21. The predicted molar refractivity (Wildman–Crippen MR) is 118 cm³/mol. The first-order valence-electron chi connectivity index (χ1n) is 10.1. The summed E-state index contributed by atoms with van der Waals surface area (Å²) in [5.74, 6) is 0.813. The fraction of sp³-hybridized carbons (Fsp3) is 0.364. The number of ether oxygens (including phenoxy) is 2. The van der Waals surface area contributed by atoms with E-state index in [9.17, 15) is 14.4 Å². The van der Waals surface area contributed by atoms with E-state index in [2.05, 4.69) is 10.3 Å². The maximum absolute atomic E-state index is 12.8. The summed E-state index contributed by atoms with van der Waals surface area (Å²) < 4.78 is 13.2. The quantitative estimate of drug-likeness (QED) is 0.591. The largest absolute Gasteiger partial charge is 0.494 e. The molecule has 0 aliphatic heterocycles. The average Bonchev–Trinajstić information content (AvgIpc) is 2.77. The van der Waals surface area contributed by atoms with E-state index in [0.29, 0.717) is 30.2 Å². The standard InChI is InChI=1S/C22H26N4O5/c1-5-7-14-12-23-20-18(21(28)26(4)22(29)25(20)3)19(14)24-17(27)13-31-16-10-8-15(9-11-16)30-6-2/h8-12H,5-7,13H2,1-4H3,(H,23,24,27). The van der Waals surface area contributed by atoms with Gasteiger partial charge >= 0.3 is 5.69 Å². The van der Waals surface area contributed by atoms with Gasteiger partial charge in [-0.15, -0.1) is 0 Å². The van der Waals surface area contributed by atoms with Crippen LogP contribution in [-0.4, -0.2) is 33.2 Å². The van der Waals surface area contributed by atoms with Gasteiger partial charge < -0.3 is 14.8 Å². The molecule has 3 aromatic rings. The third-order valence-electron chi connectivity index (χ3n) is 4.84. The summed E-state index contributed by atoms with van der Waals surface area (Å²) in [5.41, 5.74) is 0.315. The number of rotatable bonds is 8. The number of nitrogens with one attached hydrogen (secondary N) is 1. The van der Waals surface area contributed by atoms with Gasteiger partial charge in [0.25, 0.3) is 11.5 Å². The molecule has 9 nitrogen and oxygen atoms in total. The highest BCUT2D eigenvalue weighted by Gasteiger charge is 2.19. The Bertz CT molecular complexity index is 1210. The predicted octanol–water partition coefficient (Wildman–Crippen LogP) is 2.00. The molecule has 9 heteroatoms. The van der Waals surface area contributed by atoms with Crippen molar-refractivity contribution in [3.8, 4) is 11.5 Å². The van der Waals surface area contributed by atoms with E-state index in [0.717, 1.165) is 16.6 Å². The molecule has 1 aromatic carbocycles. The molecule has 0 fully saturated rings. The maximum atomic E-state index is 12.8. The van der Waals surface area contributed by atoms with Gasteiger partial charge in [0.1, 0.15) is 16.9 Å². The number of pyridine rings is 1. The number of carbonyl (C=O) groups is 1. The molecule has 2 heterocycles. The molecule has 1 amide bonds. The van der Waals surface area contributed by atoms with Crippen LogP contribution in [-0.2, 0) is 25.3 Å². The second-order valence-corrected chi connectivity index (χ2v) is 7.05. The molecule has 0 radical (unpaired) electrons. The summed E-state index contributed by atoms with van der Waals surface area (Å²) in [6.07, 6.45) is 3.00. The number of hydrogen-bond acceptors (Lipinski definition) is 6. The van der Waals surface area contributed by atoms with Crippen molar-refractivity contribution in [1.82, 2.24) is 14.1 Å². The van der Waals surface area contributed by atoms with Crippen molar-refractivity contribution in [2.45, 2.75) is 26.7 Å². The van der Waals surface area contributed by atoms with Crippen LogP contribution in [0.15, 0.2) is 40.1 Å². The van der Waals surface area contributed by atoms with Crippen LogP contribution in [0.4, 0.5) is 5.69 Å². The Labute approximate surface area is 179 Å². The van der Waals surface area contributed by atoms with E-state index in [4.69, 9.17) is 9.47 Å². The number of anilines is 1. The van der Waals surface area contributed by atoms with Gasteiger partial charge in [-0.3, -0.25) is 18.7 Å². The molecule has 0 saturated heterocycles. The first-order chi connectivity index (χ1) is 14.9. The first-order valence-corrected chi connectivity index (χ1v) is 10.1. The molecular weight excluding hydrogens is 400 g/mol. The molecule has 0 atom stereocenters. The Balaban J connectivity index is 1.90. The molecule has 164 valence electrons. The van der Waals surface area contributed by atoms with E-state index < -0.39 is 17.2 Å². The van der Waals surface area contributed by atoms with E-state index in [-0.39, 0.29) is 17.6 Å². The molecule has 0 aliphatic carbocycles. The Hall–Kier alpha value is -3.62. The lowest BCUT2D eigenvalue weighted by Crippen LogP contribution is -2.38. The van der Waals surface area contributed by atoms with Crippen LogP contribution in [0.1, 0.15) is 25.8 Å². The van der Waals surface area contributed by atoms with E-state index >= 15 is 0 Å². The summed E-state index contributed by atoms with van der Waals surface area (Å²) in [4.78, 5) is 42.0. The number of amides is 1. The fourth-order valence-corrected chi connectivity index (χ4v) is 3.29. The SMILES string of the molecule is CCCc1cnc2c(c1NC(=O)COc1ccc(OCC)cc1)c(=O)n(C)c(=O)n2C. The van der Waals surface area contributed by atoms with Crippen LogP contribution < -0.4 is 26.0 Å². The van der Waals surface area contributed by atoms with Crippen molar-refractivity contribution in [1.29, 1.82) is 0 Å². The zero-order valence-electron chi connectivity index (χ0n) is 18.1. The number of aryl methyl sites for hydroxylation is 2. The molecule has 0 bridgehead atoms. The average molecular weight is 426 g/mol. The van der Waals surface area contributed by atoms with Crippen LogP contribution in [0.25, 0.3) is 11.0 Å². The molecule has 1 N–H and O–H groups in total. The van der Waals surface area contributed by atoms with Gasteiger partial charge in [-0.05, 0) is 43.2 Å². The van der Waals surface area contributed by atoms with Crippen LogP contribution >= 0.6 is 0 Å². The van der Waals surface area contributed by atoms with E-state index in [1.807, 2.05) is 13.8 Å². The van der Waals surface area contributed by atoms with Gasteiger partial charge in [-0.1, -0.05) is 13.3 Å². The molecule has 31 heavy (non-hydrogen) atoms. The number of fused-ring (bicyclic) bond motifs is 1. The number of aromatic nitrogens is 3. The maximum Gasteiger partial charge on any atom is 0.332 e. The molecule has 2 aromatic heterocycles. The van der Waals surface area contributed by atoms with Crippen molar-refractivity contribution in [2.24, 2.45) is 14.1 Å². The molecule has 0 aliphatic rings. The normalized spacial score (nSPS) is 10.8. The van der Waals surface area contributed by atoms with Crippen molar-refractivity contribution < 1.29 is 14.3 Å². The Morgan fingerprint density at radius 2 is 1.68 bits per heavy atom. The first kappa shape index (κ1) is 22.1. The molecule has 0 saturated carbocycles. The third kappa shape index (κ3) is 4.60.